The van der Waals surface area contributed by atoms with E-state index in [4.69, 9.17) is 5.11 Å². The van der Waals surface area contributed by atoms with E-state index in [1.807, 2.05) is 0 Å². The molecule has 1 rings (SSSR count). The van der Waals surface area contributed by atoms with E-state index in [0.29, 0.717) is 13.0 Å². The minimum absolute atomic E-state index is 0.0754. The van der Waals surface area contributed by atoms with E-state index in [0.717, 1.165) is 31.0 Å². The van der Waals surface area contributed by atoms with E-state index < -0.39 is 12.4 Å². The lowest BCUT2D eigenvalue weighted by molar-refractivity contribution is -0.0494. The van der Waals surface area contributed by atoms with Crippen LogP contribution >= 0.6 is 0 Å². The largest absolute Gasteiger partial charge is 0.433 e. The second-order valence-electron chi connectivity index (χ2n) is 3.73. The number of aliphatic hydroxyl groups excluding tert-OH is 1. The summed E-state index contributed by atoms with van der Waals surface area (Å²) in [7, 11) is 0. The SMILES string of the molecule is OCCCCCNc1cc(F)ccc1OC(F)F. The van der Waals surface area contributed by atoms with Gasteiger partial charge in [-0.25, -0.2) is 4.39 Å². The van der Waals surface area contributed by atoms with Gasteiger partial charge in [-0.1, -0.05) is 0 Å². The minimum atomic E-state index is -2.94. The summed E-state index contributed by atoms with van der Waals surface area (Å²) in [5.41, 5.74) is 0.208. The van der Waals surface area contributed by atoms with Crippen LogP contribution in [0.15, 0.2) is 18.2 Å². The lowest BCUT2D eigenvalue weighted by Crippen LogP contribution is -2.08. The fourth-order valence-electron chi connectivity index (χ4n) is 1.48. The quantitative estimate of drug-likeness (QED) is 0.708. The Bertz CT molecular complexity index is 361. The van der Waals surface area contributed by atoms with Gasteiger partial charge in [-0.05, 0) is 31.4 Å². The number of rotatable bonds is 8. The molecule has 0 saturated carbocycles. The maximum Gasteiger partial charge on any atom is 0.387 e. The first-order chi connectivity index (χ1) is 8.63. The number of hydrogen-bond donors (Lipinski definition) is 2. The van der Waals surface area contributed by atoms with Crippen molar-refractivity contribution in [1.29, 1.82) is 0 Å². The number of benzene rings is 1. The van der Waals surface area contributed by atoms with E-state index in [1.165, 1.54) is 0 Å². The summed E-state index contributed by atoms with van der Waals surface area (Å²) < 4.78 is 41.5. The van der Waals surface area contributed by atoms with Crippen molar-refractivity contribution in [3.8, 4) is 5.75 Å². The normalized spacial score (nSPS) is 10.7. The Kier molecular flexibility index (Phi) is 6.35. The highest BCUT2D eigenvalue weighted by Gasteiger charge is 2.10. The van der Waals surface area contributed by atoms with Crippen LogP contribution in [0.2, 0.25) is 0 Å². The summed E-state index contributed by atoms with van der Waals surface area (Å²) in [4.78, 5) is 0. The first-order valence-electron chi connectivity index (χ1n) is 5.72. The molecule has 0 radical (unpaired) electrons. The summed E-state index contributed by atoms with van der Waals surface area (Å²) >= 11 is 0. The Labute approximate surface area is 104 Å². The zero-order valence-electron chi connectivity index (χ0n) is 9.83. The predicted octanol–water partition coefficient (Wildman–Crippen LogP) is 3.00. The van der Waals surface area contributed by atoms with Crippen molar-refractivity contribution in [2.75, 3.05) is 18.5 Å². The lowest BCUT2D eigenvalue weighted by Gasteiger charge is -2.12. The number of alkyl halides is 2. The highest BCUT2D eigenvalue weighted by atomic mass is 19.3. The molecule has 1 aromatic carbocycles. The number of halogens is 3. The molecule has 0 aliphatic rings. The smallest absolute Gasteiger partial charge is 0.387 e. The standard InChI is InChI=1S/C12H16F3NO2/c13-9-4-5-11(18-12(14)15)10(8-9)16-6-2-1-3-7-17/h4-5,8,12,16-17H,1-3,6-7H2. The van der Waals surface area contributed by atoms with Gasteiger partial charge in [0.15, 0.2) is 0 Å². The van der Waals surface area contributed by atoms with E-state index in [2.05, 4.69) is 10.1 Å². The maximum absolute atomic E-state index is 13.0. The summed E-state index contributed by atoms with van der Waals surface area (Å²) in [5, 5.41) is 11.4. The number of ether oxygens (including phenoxy) is 1. The van der Waals surface area contributed by atoms with E-state index >= 15 is 0 Å². The third kappa shape index (κ3) is 5.27. The minimum Gasteiger partial charge on any atom is -0.433 e. The van der Waals surface area contributed by atoms with Gasteiger partial charge in [0, 0.05) is 19.2 Å². The third-order valence-electron chi connectivity index (χ3n) is 2.31. The molecule has 0 saturated heterocycles. The molecule has 6 heteroatoms. The number of anilines is 1. The van der Waals surface area contributed by atoms with Crippen LogP contribution in [0.4, 0.5) is 18.9 Å². The number of nitrogens with one attached hydrogen (secondary N) is 1. The van der Waals surface area contributed by atoms with Gasteiger partial charge in [-0.3, -0.25) is 0 Å². The van der Waals surface area contributed by atoms with Crippen LogP contribution in [-0.4, -0.2) is 24.9 Å². The molecular weight excluding hydrogens is 247 g/mol. The summed E-state index contributed by atoms with van der Waals surface area (Å²) in [6.07, 6.45) is 2.25. The van der Waals surface area contributed by atoms with Gasteiger partial charge in [0.1, 0.15) is 11.6 Å². The molecule has 0 fully saturated rings. The van der Waals surface area contributed by atoms with Gasteiger partial charge >= 0.3 is 6.61 Å². The molecule has 0 aromatic heterocycles. The fourth-order valence-corrected chi connectivity index (χ4v) is 1.48. The average molecular weight is 263 g/mol. The van der Waals surface area contributed by atoms with Gasteiger partial charge < -0.3 is 15.2 Å². The topological polar surface area (TPSA) is 41.5 Å². The highest BCUT2D eigenvalue weighted by molar-refractivity contribution is 5.56. The van der Waals surface area contributed by atoms with Crippen molar-refractivity contribution in [2.45, 2.75) is 25.9 Å². The maximum atomic E-state index is 13.0. The molecule has 0 atom stereocenters. The Hall–Kier alpha value is -1.43. The van der Waals surface area contributed by atoms with E-state index in [1.54, 1.807) is 0 Å². The second-order valence-corrected chi connectivity index (χ2v) is 3.73. The van der Waals surface area contributed by atoms with Gasteiger partial charge in [0.25, 0.3) is 0 Å². The summed E-state index contributed by atoms with van der Waals surface area (Å²) in [6.45, 7) is -2.31. The number of unbranched alkanes of at least 4 members (excludes halogenated alkanes) is 2. The van der Waals surface area contributed by atoms with Crippen LogP contribution in [0, 0.1) is 5.82 Å². The molecule has 18 heavy (non-hydrogen) atoms. The molecule has 102 valence electrons. The Morgan fingerprint density at radius 1 is 1.22 bits per heavy atom. The van der Waals surface area contributed by atoms with Gasteiger partial charge in [0.2, 0.25) is 0 Å². The van der Waals surface area contributed by atoms with Crippen molar-refractivity contribution in [2.24, 2.45) is 0 Å². The van der Waals surface area contributed by atoms with Crippen LogP contribution in [0.1, 0.15) is 19.3 Å². The molecule has 0 amide bonds. The van der Waals surface area contributed by atoms with Crippen LogP contribution in [-0.2, 0) is 0 Å². The number of aliphatic hydroxyl groups is 1. The second kappa shape index (κ2) is 7.81. The molecular formula is C12H16F3NO2. The summed E-state index contributed by atoms with van der Waals surface area (Å²) in [5.74, 6) is -0.594. The van der Waals surface area contributed by atoms with Gasteiger partial charge in [-0.2, -0.15) is 8.78 Å². The monoisotopic (exact) mass is 263 g/mol. The molecule has 0 unspecified atom stereocenters. The molecule has 0 aliphatic heterocycles. The molecule has 0 aliphatic carbocycles. The van der Waals surface area contributed by atoms with Crippen molar-refractivity contribution in [3.05, 3.63) is 24.0 Å². The van der Waals surface area contributed by atoms with Crippen LogP contribution in [0.3, 0.4) is 0 Å². The fraction of sp³-hybridized carbons (Fsp3) is 0.500. The van der Waals surface area contributed by atoms with Gasteiger partial charge in [-0.15, -0.1) is 0 Å². The van der Waals surface area contributed by atoms with E-state index in [9.17, 15) is 13.2 Å². The van der Waals surface area contributed by atoms with Crippen LogP contribution in [0.25, 0.3) is 0 Å². The Balaban J connectivity index is 2.53. The molecule has 1 aromatic rings. The van der Waals surface area contributed by atoms with Crippen LogP contribution < -0.4 is 10.1 Å². The zero-order valence-corrected chi connectivity index (χ0v) is 9.83. The predicted molar refractivity (Wildman–Crippen MR) is 62.5 cm³/mol. The molecule has 0 bridgehead atoms. The van der Waals surface area contributed by atoms with Crippen molar-refractivity contribution < 1.29 is 23.0 Å². The molecule has 3 nitrogen and oxygen atoms in total. The molecule has 0 spiro atoms. The third-order valence-corrected chi connectivity index (χ3v) is 2.31. The van der Waals surface area contributed by atoms with Crippen molar-refractivity contribution >= 4 is 5.69 Å². The average Bonchev–Trinajstić information content (AvgIpc) is 2.31. The molecule has 0 heterocycles. The molecule has 2 N–H and O–H groups in total. The first-order valence-corrected chi connectivity index (χ1v) is 5.72. The number of hydrogen-bond acceptors (Lipinski definition) is 3. The van der Waals surface area contributed by atoms with Crippen molar-refractivity contribution in [1.82, 2.24) is 0 Å². The highest BCUT2D eigenvalue weighted by Crippen LogP contribution is 2.26. The van der Waals surface area contributed by atoms with Gasteiger partial charge in [0.05, 0.1) is 5.69 Å². The van der Waals surface area contributed by atoms with E-state index in [-0.39, 0.29) is 18.0 Å². The van der Waals surface area contributed by atoms with Crippen LogP contribution in [0.5, 0.6) is 5.75 Å². The van der Waals surface area contributed by atoms with Crippen molar-refractivity contribution in [3.63, 3.8) is 0 Å². The Morgan fingerprint density at radius 2 is 2.00 bits per heavy atom. The Morgan fingerprint density at radius 3 is 2.67 bits per heavy atom. The first kappa shape index (κ1) is 14.6. The lowest BCUT2D eigenvalue weighted by atomic mass is 10.2. The summed E-state index contributed by atoms with van der Waals surface area (Å²) in [6, 6.07) is 3.34. The zero-order chi connectivity index (χ0) is 13.4.